The normalized spacial score (nSPS) is 27.2. The average molecular weight is 466 g/mol. The van der Waals surface area contributed by atoms with Gasteiger partial charge in [-0.1, -0.05) is 56.9 Å². The number of rotatable bonds is 5. The van der Waals surface area contributed by atoms with E-state index in [-0.39, 0.29) is 38.5 Å². The molecule has 0 bridgehead atoms. The van der Waals surface area contributed by atoms with E-state index < -0.39 is 0 Å². The van der Waals surface area contributed by atoms with Crippen molar-refractivity contribution >= 4 is 0 Å². The van der Waals surface area contributed by atoms with E-state index in [1.807, 2.05) is 6.07 Å². The van der Waals surface area contributed by atoms with Gasteiger partial charge in [0.05, 0.1) is 0 Å². The van der Waals surface area contributed by atoms with Crippen LogP contribution in [0.3, 0.4) is 0 Å². The zero-order valence-electron chi connectivity index (χ0n) is 17.9. The van der Waals surface area contributed by atoms with Crippen LogP contribution in [-0.4, -0.2) is 0 Å². The number of benzene rings is 2. The van der Waals surface area contributed by atoms with Crippen LogP contribution in [0.1, 0.15) is 70.3 Å². The van der Waals surface area contributed by atoms with E-state index in [0.717, 1.165) is 34.8 Å². The molecule has 0 amide bonds. The van der Waals surface area contributed by atoms with Crippen LogP contribution in [0.4, 0.5) is 4.39 Å². The fourth-order valence-electron chi connectivity index (χ4n) is 5.56. The maximum absolute atomic E-state index is 13.4. The molecule has 0 radical (unpaired) electrons. The summed E-state index contributed by atoms with van der Waals surface area (Å²) in [6, 6.07) is 16.4. The van der Waals surface area contributed by atoms with Gasteiger partial charge >= 0.3 is 32.7 Å². The maximum atomic E-state index is 13.4. The molecule has 2 aromatic carbocycles. The molecule has 4 rings (SSSR count). The second-order valence-electron chi connectivity index (χ2n) is 9.46. The quantitative estimate of drug-likeness (QED) is 0.394. The Bertz CT molecular complexity index is 737. The molecule has 29 heavy (non-hydrogen) atoms. The van der Waals surface area contributed by atoms with Gasteiger partial charge < -0.3 is 0 Å². The smallest absolute Gasteiger partial charge is 0.236 e. The van der Waals surface area contributed by atoms with Crippen LogP contribution in [-0.2, 0) is 39.1 Å². The second kappa shape index (κ2) is 11.2. The van der Waals surface area contributed by atoms with Gasteiger partial charge in [0.1, 0.15) is 0 Å². The molecule has 0 heterocycles. The molecule has 2 aromatic rings. The van der Waals surface area contributed by atoms with E-state index in [4.69, 9.17) is 0 Å². The molecule has 2 heteroatoms. The molecule has 0 unspecified atom stereocenters. The molecule has 2 fully saturated rings. The van der Waals surface area contributed by atoms with Gasteiger partial charge in [0.15, 0.2) is 0 Å². The van der Waals surface area contributed by atoms with Gasteiger partial charge in [0.2, 0.25) is 0 Å². The first-order chi connectivity index (χ1) is 13.7. The van der Waals surface area contributed by atoms with Crippen molar-refractivity contribution in [3.63, 3.8) is 0 Å². The third-order valence-corrected chi connectivity index (χ3v) is 7.51. The summed E-state index contributed by atoms with van der Waals surface area (Å²) < 4.78 is 13.4. The number of hydrogen-bond donors (Lipinski definition) is 0. The molecule has 0 nitrogen and oxygen atoms in total. The Labute approximate surface area is 202 Å². The minimum Gasteiger partial charge on any atom is -0.236 e. The molecule has 0 spiro atoms. The molecule has 0 saturated heterocycles. The predicted octanol–water partition coefficient (Wildman–Crippen LogP) is 7.86. The minimum absolute atomic E-state index is 0. The average Bonchev–Trinajstić information content (AvgIpc) is 2.74. The topological polar surface area (TPSA) is 0 Å². The van der Waals surface area contributed by atoms with Crippen LogP contribution in [0, 0.1) is 35.6 Å². The largest absolute Gasteiger partial charge is 3.00 e. The van der Waals surface area contributed by atoms with Crippen LogP contribution in [0.25, 0.3) is 11.1 Å². The van der Waals surface area contributed by atoms with Crippen molar-refractivity contribution in [2.45, 2.75) is 71.1 Å². The van der Waals surface area contributed by atoms with Crippen molar-refractivity contribution in [3.05, 3.63) is 59.9 Å². The van der Waals surface area contributed by atoms with Crippen LogP contribution in [0.5, 0.6) is 0 Å². The van der Waals surface area contributed by atoms with Crippen LogP contribution < -0.4 is 0 Å². The standard InChI is InChI=1S/C27H34F.Y/c1-20-5-13-23(14-6-20)24-15-9-21(10-16-24)7-8-22-11-17-25(18-12-22)26-3-2-4-27(28)19-26;/h2-3,11-12,17-21,23-24H,5-10,13-16H2,1H3;/q-1;+3. The van der Waals surface area contributed by atoms with Gasteiger partial charge in [-0.15, -0.1) is 17.7 Å². The molecular formula is C27H34FY+2. The van der Waals surface area contributed by atoms with Crippen molar-refractivity contribution in [1.29, 1.82) is 0 Å². The van der Waals surface area contributed by atoms with E-state index in [1.165, 1.54) is 69.8 Å². The predicted molar refractivity (Wildman–Crippen MR) is 116 cm³/mol. The molecule has 2 saturated carbocycles. The van der Waals surface area contributed by atoms with E-state index in [1.54, 1.807) is 12.1 Å². The Morgan fingerprint density at radius 2 is 1.45 bits per heavy atom. The molecule has 0 N–H and O–H groups in total. The third-order valence-electron chi connectivity index (χ3n) is 7.51. The van der Waals surface area contributed by atoms with Crippen molar-refractivity contribution in [2.24, 2.45) is 23.7 Å². The summed E-state index contributed by atoms with van der Waals surface area (Å²) in [7, 11) is 0. The molecule has 2 aliphatic carbocycles. The Hall–Kier alpha value is -0.526. The summed E-state index contributed by atoms with van der Waals surface area (Å²) in [5, 5.41) is 0. The molecule has 0 atom stereocenters. The van der Waals surface area contributed by atoms with Gasteiger partial charge in [-0.2, -0.15) is 12.1 Å². The van der Waals surface area contributed by atoms with Gasteiger partial charge in [0.25, 0.3) is 0 Å². The molecule has 150 valence electrons. The fourth-order valence-corrected chi connectivity index (χ4v) is 5.56. The van der Waals surface area contributed by atoms with E-state index in [2.05, 4.69) is 37.3 Å². The van der Waals surface area contributed by atoms with Gasteiger partial charge in [-0.05, 0) is 73.3 Å². The molecule has 0 aliphatic heterocycles. The van der Waals surface area contributed by atoms with Crippen LogP contribution >= 0.6 is 0 Å². The summed E-state index contributed by atoms with van der Waals surface area (Å²) >= 11 is 0. The maximum Gasteiger partial charge on any atom is 3.00 e. The van der Waals surface area contributed by atoms with Gasteiger partial charge in [-0.3, -0.25) is 0 Å². The summed E-state index contributed by atoms with van der Waals surface area (Å²) in [6.45, 7) is 2.43. The fraction of sp³-hybridized carbons (Fsp3) is 0.556. The Morgan fingerprint density at radius 3 is 2.07 bits per heavy atom. The van der Waals surface area contributed by atoms with Gasteiger partial charge in [0, 0.05) is 5.82 Å². The SMILES string of the molecule is CC1CCC(C2CCC(CCc3ccc(-c4cc[c-]c(F)c4)cc3)CC2)CC1.[Y+3]. The minimum atomic E-state index is -0.292. The Kier molecular flexibility index (Phi) is 8.93. The monoisotopic (exact) mass is 466 g/mol. The van der Waals surface area contributed by atoms with Crippen molar-refractivity contribution in [2.75, 3.05) is 0 Å². The van der Waals surface area contributed by atoms with Crippen molar-refractivity contribution in [3.8, 4) is 11.1 Å². The number of halogens is 1. The van der Waals surface area contributed by atoms with Crippen molar-refractivity contribution in [1.82, 2.24) is 0 Å². The molecular weight excluding hydrogens is 432 g/mol. The van der Waals surface area contributed by atoms with E-state index in [0.29, 0.717) is 0 Å². The third kappa shape index (κ3) is 6.47. The first-order valence-electron chi connectivity index (χ1n) is 11.4. The van der Waals surface area contributed by atoms with E-state index >= 15 is 0 Å². The number of aryl methyl sites for hydroxylation is 1. The second-order valence-corrected chi connectivity index (χ2v) is 9.46. The molecule has 0 aromatic heterocycles. The first-order valence-corrected chi connectivity index (χ1v) is 11.4. The van der Waals surface area contributed by atoms with Gasteiger partial charge in [-0.25, -0.2) is 4.39 Å². The zero-order chi connectivity index (χ0) is 19.3. The zero-order valence-corrected chi connectivity index (χ0v) is 20.7. The Morgan fingerprint density at radius 1 is 0.828 bits per heavy atom. The van der Waals surface area contributed by atoms with Crippen molar-refractivity contribution < 1.29 is 37.1 Å². The molecule has 2 aliphatic rings. The summed E-state index contributed by atoms with van der Waals surface area (Å²) in [5.41, 5.74) is 3.42. The summed E-state index contributed by atoms with van der Waals surface area (Å²) in [5.74, 6) is 3.65. The summed E-state index contributed by atoms with van der Waals surface area (Å²) in [6.07, 6.45) is 14.2. The number of hydrogen-bond acceptors (Lipinski definition) is 0. The first kappa shape index (κ1) is 23.1. The summed E-state index contributed by atoms with van der Waals surface area (Å²) in [4.78, 5) is 0. The van der Waals surface area contributed by atoms with Crippen LogP contribution in [0.15, 0.2) is 42.5 Å². The van der Waals surface area contributed by atoms with E-state index in [9.17, 15) is 4.39 Å². The Balaban J connectivity index is 0.00000240. The van der Waals surface area contributed by atoms with Crippen LogP contribution in [0.2, 0.25) is 0 Å².